The summed E-state index contributed by atoms with van der Waals surface area (Å²) in [6.07, 6.45) is 2.60. The normalized spacial score (nSPS) is 16.4. The molecule has 0 bridgehead atoms. The van der Waals surface area contributed by atoms with Crippen LogP contribution < -0.4 is 10.1 Å². The fraction of sp³-hybridized carbons (Fsp3) is 0.300. The third kappa shape index (κ3) is 4.34. The summed E-state index contributed by atoms with van der Waals surface area (Å²) in [5, 5.41) is 3.25. The number of nitrogens with one attached hydrogen (secondary N) is 1. The first-order chi connectivity index (χ1) is 14.0. The number of carbonyl (C=O) groups is 2. The number of pyridine rings is 1. The number of benzene rings is 1. The third-order valence-electron chi connectivity index (χ3n) is 4.57. The van der Waals surface area contributed by atoms with Crippen molar-refractivity contribution in [2.24, 2.45) is 0 Å². The first-order valence-corrected chi connectivity index (χ1v) is 10.0. The number of aromatic nitrogens is 2. The van der Waals surface area contributed by atoms with Crippen LogP contribution in [0.3, 0.4) is 0 Å². The summed E-state index contributed by atoms with van der Waals surface area (Å²) in [6.45, 7) is 1.86. The molecule has 3 heterocycles. The molecule has 0 aliphatic carbocycles. The van der Waals surface area contributed by atoms with E-state index in [2.05, 4.69) is 15.3 Å². The maximum atomic E-state index is 13.7. The Bertz CT molecular complexity index is 1070. The van der Waals surface area contributed by atoms with Crippen molar-refractivity contribution in [3.8, 4) is 16.9 Å². The van der Waals surface area contributed by atoms with Crippen LogP contribution in [0.2, 0.25) is 0 Å². The lowest BCUT2D eigenvalue weighted by Crippen LogP contribution is -2.33. The van der Waals surface area contributed by atoms with Crippen molar-refractivity contribution < 1.29 is 18.7 Å². The lowest BCUT2D eigenvalue weighted by atomic mass is 10.1. The number of halogens is 1. The monoisotopic (exact) mass is 414 g/mol. The minimum atomic E-state index is -1.22. The molecule has 1 unspecified atom stereocenters. The average Bonchev–Trinajstić information content (AvgIpc) is 3.24. The van der Waals surface area contributed by atoms with Gasteiger partial charge in [-0.1, -0.05) is 17.4 Å². The quantitative estimate of drug-likeness (QED) is 0.623. The minimum Gasteiger partial charge on any atom is -0.490 e. The Labute approximate surface area is 170 Å². The van der Waals surface area contributed by atoms with E-state index >= 15 is 0 Å². The Morgan fingerprint density at radius 3 is 2.97 bits per heavy atom. The second-order valence-electron chi connectivity index (χ2n) is 6.70. The van der Waals surface area contributed by atoms with Crippen molar-refractivity contribution >= 4 is 38.5 Å². The van der Waals surface area contributed by atoms with Crippen LogP contribution in [-0.4, -0.2) is 46.1 Å². The zero-order chi connectivity index (χ0) is 20.4. The molecule has 1 aromatic carbocycles. The molecule has 1 saturated heterocycles. The summed E-state index contributed by atoms with van der Waals surface area (Å²) >= 11 is 1.40. The Morgan fingerprint density at radius 2 is 2.21 bits per heavy atom. The lowest BCUT2D eigenvalue weighted by molar-refractivity contribution is -0.131. The van der Waals surface area contributed by atoms with Gasteiger partial charge in [0, 0.05) is 31.5 Å². The molecule has 1 aliphatic rings. The fourth-order valence-electron chi connectivity index (χ4n) is 3.19. The van der Waals surface area contributed by atoms with E-state index in [4.69, 9.17) is 4.74 Å². The number of nitrogens with zero attached hydrogens (tertiary/aromatic N) is 3. The van der Waals surface area contributed by atoms with Crippen LogP contribution in [0.1, 0.15) is 19.8 Å². The SMILES string of the molecule is CC(=O)Nc1nc2ccc(-c3cncc(OCCN4C(=O)CCC4F)c3)cc2s1. The molecule has 7 nitrogen and oxygen atoms in total. The minimum absolute atomic E-state index is 0.159. The van der Waals surface area contributed by atoms with Gasteiger partial charge in [-0.05, 0) is 23.8 Å². The molecule has 0 spiro atoms. The van der Waals surface area contributed by atoms with Gasteiger partial charge in [0.05, 0.1) is 23.0 Å². The first-order valence-electron chi connectivity index (χ1n) is 9.19. The average molecular weight is 414 g/mol. The van der Waals surface area contributed by atoms with E-state index in [1.165, 1.54) is 23.2 Å². The molecule has 0 radical (unpaired) electrons. The zero-order valence-electron chi connectivity index (χ0n) is 15.7. The molecule has 1 aliphatic heterocycles. The van der Waals surface area contributed by atoms with E-state index < -0.39 is 6.30 Å². The van der Waals surface area contributed by atoms with Gasteiger partial charge in [0.2, 0.25) is 11.8 Å². The van der Waals surface area contributed by atoms with Gasteiger partial charge in [-0.3, -0.25) is 14.6 Å². The van der Waals surface area contributed by atoms with Gasteiger partial charge in [0.15, 0.2) is 11.4 Å². The second-order valence-corrected chi connectivity index (χ2v) is 7.73. The van der Waals surface area contributed by atoms with Gasteiger partial charge in [-0.2, -0.15) is 0 Å². The highest BCUT2D eigenvalue weighted by molar-refractivity contribution is 7.22. The molecular formula is C20H19FN4O3S. The van der Waals surface area contributed by atoms with Crippen LogP contribution in [0, 0.1) is 0 Å². The van der Waals surface area contributed by atoms with E-state index in [1.807, 2.05) is 24.3 Å². The molecule has 0 saturated carbocycles. The van der Waals surface area contributed by atoms with Crippen molar-refractivity contribution in [3.63, 3.8) is 0 Å². The highest BCUT2D eigenvalue weighted by Gasteiger charge is 2.30. The molecule has 29 heavy (non-hydrogen) atoms. The van der Waals surface area contributed by atoms with Gasteiger partial charge in [-0.25, -0.2) is 9.37 Å². The molecule has 1 N–H and O–H groups in total. The topological polar surface area (TPSA) is 84.4 Å². The van der Waals surface area contributed by atoms with Crippen LogP contribution >= 0.6 is 11.3 Å². The molecule has 1 fully saturated rings. The number of thiazole rings is 1. The van der Waals surface area contributed by atoms with E-state index in [0.717, 1.165) is 21.3 Å². The number of hydrogen-bond donors (Lipinski definition) is 1. The van der Waals surface area contributed by atoms with E-state index in [-0.39, 0.29) is 37.8 Å². The Morgan fingerprint density at radius 1 is 1.34 bits per heavy atom. The molecule has 4 rings (SSSR count). The van der Waals surface area contributed by atoms with Crippen LogP contribution in [0.5, 0.6) is 5.75 Å². The van der Waals surface area contributed by atoms with Crippen LogP contribution in [0.25, 0.3) is 21.3 Å². The molecule has 9 heteroatoms. The van der Waals surface area contributed by atoms with Crippen LogP contribution in [0.15, 0.2) is 36.7 Å². The smallest absolute Gasteiger partial charge is 0.225 e. The number of carbonyl (C=O) groups excluding carboxylic acids is 2. The van der Waals surface area contributed by atoms with Crippen LogP contribution in [-0.2, 0) is 9.59 Å². The number of ether oxygens (including phenoxy) is 1. The number of fused-ring (bicyclic) bond motifs is 1. The predicted octanol–water partition coefficient (Wildman–Crippen LogP) is 3.61. The Balaban J connectivity index is 1.46. The lowest BCUT2D eigenvalue weighted by Gasteiger charge is -2.18. The highest BCUT2D eigenvalue weighted by Crippen LogP contribution is 2.31. The maximum absolute atomic E-state index is 13.7. The van der Waals surface area contributed by atoms with E-state index in [9.17, 15) is 14.0 Å². The number of amides is 2. The summed E-state index contributed by atoms with van der Waals surface area (Å²) in [7, 11) is 0. The van der Waals surface area contributed by atoms with Gasteiger partial charge in [0.25, 0.3) is 0 Å². The predicted molar refractivity (Wildman–Crippen MR) is 108 cm³/mol. The number of alkyl halides is 1. The van der Waals surface area contributed by atoms with Crippen molar-refractivity contribution in [1.29, 1.82) is 0 Å². The van der Waals surface area contributed by atoms with E-state index in [1.54, 1.807) is 12.4 Å². The summed E-state index contributed by atoms with van der Waals surface area (Å²) in [6, 6.07) is 7.65. The number of hydrogen-bond acceptors (Lipinski definition) is 6. The van der Waals surface area contributed by atoms with Gasteiger partial charge in [-0.15, -0.1) is 0 Å². The van der Waals surface area contributed by atoms with E-state index in [0.29, 0.717) is 10.9 Å². The molecule has 150 valence electrons. The summed E-state index contributed by atoms with van der Waals surface area (Å²) in [5.41, 5.74) is 2.60. The molecule has 2 amide bonds. The Kier molecular flexibility index (Phi) is 5.39. The molecule has 2 aromatic heterocycles. The third-order valence-corrected chi connectivity index (χ3v) is 5.51. The second kappa shape index (κ2) is 8.12. The largest absolute Gasteiger partial charge is 0.490 e. The van der Waals surface area contributed by atoms with Crippen molar-refractivity contribution in [3.05, 3.63) is 36.7 Å². The van der Waals surface area contributed by atoms with Gasteiger partial charge >= 0.3 is 0 Å². The van der Waals surface area contributed by atoms with Crippen LogP contribution in [0.4, 0.5) is 9.52 Å². The molecular weight excluding hydrogens is 395 g/mol. The Hall–Kier alpha value is -3.07. The summed E-state index contributed by atoms with van der Waals surface area (Å²) < 4.78 is 20.3. The molecule has 3 aromatic rings. The summed E-state index contributed by atoms with van der Waals surface area (Å²) in [4.78, 5) is 32.6. The van der Waals surface area contributed by atoms with Gasteiger partial charge in [0.1, 0.15) is 12.4 Å². The number of likely N-dealkylation sites (tertiary alicyclic amines) is 1. The highest BCUT2D eigenvalue weighted by atomic mass is 32.1. The number of rotatable bonds is 6. The first kappa shape index (κ1) is 19.3. The van der Waals surface area contributed by atoms with Crippen molar-refractivity contribution in [2.45, 2.75) is 26.1 Å². The zero-order valence-corrected chi connectivity index (χ0v) is 16.5. The fourth-order valence-corrected chi connectivity index (χ4v) is 4.14. The van der Waals surface area contributed by atoms with Crippen molar-refractivity contribution in [2.75, 3.05) is 18.5 Å². The standard InChI is InChI=1S/C20H19FN4O3S/c1-12(26)23-20-24-16-3-2-13(9-17(16)29-20)14-8-15(11-22-10-14)28-7-6-25-18(21)4-5-19(25)27/h2-3,8-11,18H,4-7H2,1H3,(H,23,24,26). The summed E-state index contributed by atoms with van der Waals surface area (Å²) in [5.74, 6) is 0.213. The van der Waals surface area contributed by atoms with Gasteiger partial charge < -0.3 is 15.0 Å². The molecule has 1 atom stereocenters. The van der Waals surface area contributed by atoms with Crippen molar-refractivity contribution in [1.82, 2.24) is 14.9 Å². The maximum Gasteiger partial charge on any atom is 0.225 e. The number of anilines is 1.